The number of carbonyl (C=O) groups is 2. The Balaban J connectivity index is 2.97. The van der Waals surface area contributed by atoms with Crippen LogP contribution in [0.15, 0.2) is 18.2 Å². The van der Waals surface area contributed by atoms with E-state index in [2.05, 4.69) is 5.32 Å². The molecule has 0 aromatic heterocycles. The fraction of sp³-hybridized carbons (Fsp3) is 0.556. The Labute approximate surface area is 138 Å². The zero-order valence-electron chi connectivity index (χ0n) is 14.6. The van der Waals surface area contributed by atoms with Crippen LogP contribution in [0.3, 0.4) is 0 Å². The third-order valence-corrected chi connectivity index (χ3v) is 3.40. The smallest absolute Gasteiger partial charge is 0.231 e. The van der Waals surface area contributed by atoms with Crippen molar-refractivity contribution in [3.8, 4) is 11.5 Å². The number of hydrogen-bond donors (Lipinski definition) is 1. The van der Waals surface area contributed by atoms with Crippen molar-refractivity contribution in [2.45, 2.75) is 66.1 Å². The summed E-state index contributed by atoms with van der Waals surface area (Å²) in [5.74, 6) is 0.759. The summed E-state index contributed by atoms with van der Waals surface area (Å²) in [5, 5.41) is 2.72. The van der Waals surface area contributed by atoms with E-state index in [1.54, 1.807) is 12.1 Å². The van der Waals surface area contributed by atoms with Crippen molar-refractivity contribution in [3.05, 3.63) is 18.2 Å². The van der Waals surface area contributed by atoms with E-state index in [1.165, 1.54) is 6.92 Å². The highest BCUT2D eigenvalue weighted by atomic mass is 16.5. The van der Waals surface area contributed by atoms with Gasteiger partial charge in [-0.15, -0.1) is 0 Å². The van der Waals surface area contributed by atoms with Crippen LogP contribution in [0.5, 0.6) is 11.5 Å². The normalized spacial score (nSPS) is 13.1. The van der Waals surface area contributed by atoms with Gasteiger partial charge in [0.1, 0.15) is 17.3 Å². The first-order valence-corrected chi connectivity index (χ1v) is 8.11. The van der Waals surface area contributed by atoms with Gasteiger partial charge < -0.3 is 14.8 Å². The van der Waals surface area contributed by atoms with Gasteiger partial charge in [-0.3, -0.25) is 9.59 Å². The highest BCUT2D eigenvalue weighted by molar-refractivity contribution is 6.03. The topological polar surface area (TPSA) is 64.6 Å². The molecule has 0 heterocycles. The Bertz CT molecular complexity index is 512. The van der Waals surface area contributed by atoms with Crippen LogP contribution in [0.1, 0.15) is 53.9 Å². The maximum atomic E-state index is 11.8. The number of benzene rings is 1. The van der Waals surface area contributed by atoms with Crippen molar-refractivity contribution in [1.82, 2.24) is 0 Å². The molecule has 0 aliphatic rings. The Kier molecular flexibility index (Phi) is 7.59. The summed E-state index contributed by atoms with van der Waals surface area (Å²) in [6.45, 7) is 9.44. The van der Waals surface area contributed by atoms with Gasteiger partial charge >= 0.3 is 0 Å². The van der Waals surface area contributed by atoms with Crippen LogP contribution in [-0.2, 0) is 9.59 Å². The quantitative estimate of drug-likeness (QED) is 0.699. The Morgan fingerprint density at radius 2 is 1.48 bits per heavy atom. The van der Waals surface area contributed by atoms with Gasteiger partial charge in [0.2, 0.25) is 5.91 Å². The number of nitrogens with one attached hydrogen (secondary N) is 1. The van der Waals surface area contributed by atoms with Crippen molar-refractivity contribution in [3.63, 3.8) is 0 Å². The summed E-state index contributed by atoms with van der Waals surface area (Å²) >= 11 is 0. The molecule has 128 valence electrons. The molecule has 2 unspecified atom stereocenters. The van der Waals surface area contributed by atoms with E-state index in [9.17, 15) is 9.59 Å². The average Bonchev–Trinajstić information content (AvgIpc) is 2.45. The molecule has 0 bridgehead atoms. The molecule has 5 nitrogen and oxygen atoms in total. The fourth-order valence-corrected chi connectivity index (χ4v) is 1.84. The van der Waals surface area contributed by atoms with Gasteiger partial charge in [-0.2, -0.15) is 0 Å². The molecule has 0 aliphatic carbocycles. The zero-order chi connectivity index (χ0) is 17.4. The molecule has 23 heavy (non-hydrogen) atoms. The molecular formula is C18H27NO4. The first-order valence-electron chi connectivity index (χ1n) is 8.11. The summed E-state index contributed by atoms with van der Waals surface area (Å²) in [7, 11) is 0. The lowest BCUT2D eigenvalue weighted by molar-refractivity contribution is -0.124. The molecule has 1 aromatic carbocycles. The van der Waals surface area contributed by atoms with E-state index in [0.717, 1.165) is 12.8 Å². The Morgan fingerprint density at radius 3 is 1.87 bits per heavy atom. The molecule has 0 fully saturated rings. The summed E-state index contributed by atoms with van der Waals surface area (Å²) < 4.78 is 11.6. The van der Waals surface area contributed by atoms with Crippen molar-refractivity contribution < 1.29 is 19.1 Å². The molecule has 0 saturated carbocycles. The molecule has 0 aliphatic heterocycles. The van der Waals surface area contributed by atoms with Crippen LogP contribution in [0.2, 0.25) is 0 Å². The lowest BCUT2D eigenvalue weighted by Gasteiger charge is -2.18. The third-order valence-electron chi connectivity index (χ3n) is 3.40. The van der Waals surface area contributed by atoms with Crippen LogP contribution >= 0.6 is 0 Å². The van der Waals surface area contributed by atoms with E-state index in [4.69, 9.17) is 9.47 Å². The van der Waals surface area contributed by atoms with Gasteiger partial charge in [0, 0.05) is 23.9 Å². The number of anilines is 1. The first kappa shape index (κ1) is 19.0. The Hall–Kier alpha value is -2.04. The SMILES string of the molecule is CCC(C)Oc1cc(NC(=O)CC(C)=O)cc(OC(C)CC)c1. The lowest BCUT2D eigenvalue weighted by Crippen LogP contribution is -2.16. The minimum atomic E-state index is -0.340. The van der Waals surface area contributed by atoms with Gasteiger partial charge in [0.05, 0.1) is 18.6 Å². The molecule has 5 heteroatoms. The zero-order valence-corrected chi connectivity index (χ0v) is 14.6. The minimum absolute atomic E-state index is 0.0645. The van der Waals surface area contributed by atoms with Crippen LogP contribution in [-0.4, -0.2) is 23.9 Å². The highest BCUT2D eigenvalue weighted by Crippen LogP contribution is 2.28. The second-order valence-electron chi connectivity index (χ2n) is 5.79. The molecule has 0 spiro atoms. The highest BCUT2D eigenvalue weighted by Gasteiger charge is 2.11. The van der Waals surface area contributed by atoms with Crippen molar-refractivity contribution in [2.24, 2.45) is 0 Å². The summed E-state index contributed by atoms with van der Waals surface area (Å²) in [5.41, 5.74) is 0.565. The standard InChI is InChI=1S/C18H27NO4/c1-6-13(4)22-16-9-15(19-18(21)8-12(3)20)10-17(11-16)23-14(5)7-2/h9-11,13-14H,6-8H2,1-5H3,(H,19,21). The van der Waals surface area contributed by atoms with Crippen LogP contribution in [0.25, 0.3) is 0 Å². The predicted octanol–water partition coefficient (Wildman–Crippen LogP) is 3.96. The molecule has 1 N–H and O–H groups in total. The number of ketones is 1. The van der Waals surface area contributed by atoms with Crippen molar-refractivity contribution in [2.75, 3.05) is 5.32 Å². The number of carbonyl (C=O) groups excluding carboxylic acids is 2. The average molecular weight is 321 g/mol. The molecular weight excluding hydrogens is 294 g/mol. The number of ether oxygens (including phenoxy) is 2. The van der Waals surface area contributed by atoms with Gasteiger partial charge in [-0.05, 0) is 33.6 Å². The van der Waals surface area contributed by atoms with E-state index in [-0.39, 0.29) is 30.3 Å². The van der Waals surface area contributed by atoms with Crippen LogP contribution in [0.4, 0.5) is 5.69 Å². The summed E-state index contributed by atoms with van der Waals surface area (Å²) in [6, 6.07) is 5.31. The number of amides is 1. The predicted molar refractivity (Wildman–Crippen MR) is 91.1 cm³/mol. The number of hydrogen-bond acceptors (Lipinski definition) is 4. The lowest BCUT2D eigenvalue weighted by atomic mass is 10.2. The molecule has 0 saturated heterocycles. The van der Waals surface area contributed by atoms with Gasteiger partial charge in [-0.1, -0.05) is 13.8 Å². The van der Waals surface area contributed by atoms with E-state index in [0.29, 0.717) is 17.2 Å². The van der Waals surface area contributed by atoms with Gasteiger partial charge in [0.15, 0.2) is 0 Å². The minimum Gasteiger partial charge on any atom is -0.491 e. The Morgan fingerprint density at radius 1 is 1.00 bits per heavy atom. The van der Waals surface area contributed by atoms with Gasteiger partial charge in [-0.25, -0.2) is 0 Å². The van der Waals surface area contributed by atoms with E-state index < -0.39 is 0 Å². The molecule has 1 amide bonds. The number of Topliss-reactive ketones (excluding diaryl/α,β-unsaturated/α-hetero) is 1. The molecule has 1 aromatic rings. The van der Waals surface area contributed by atoms with Crippen molar-refractivity contribution in [1.29, 1.82) is 0 Å². The summed E-state index contributed by atoms with van der Waals surface area (Å²) in [4.78, 5) is 22.8. The largest absolute Gasteiger partial charge is 0.491 e. The third kappa shape index (κ3) is 7.17. The maximum Gasteiger partial charge on any atom is 0.231 e. The van der Waals surface area contributed by atoms with E-state index >= 15 is 0 Å². The monoisotopic (exact) mass is 321 g/mol. The van der Waals surface area contributed by atoms with E-state index in [1.807, 2.05) is 33.8 Å². The first-order chi connectivity index (χ1) is 10.8. The molecule has 1 rings (SSSR count). The second kappa shape index (κ2) is 9.18. The summed E-state index contributed by atoms with van der Waals surface area (Å²) in [6.07, 6.45) is 1.74. The second-order valence-corrected chi connectivity index (χ2v) is 5.79. The van der Waals surface area contributed by atoms with Crippen LogP contribution < -0.4 is 14.8 Å². The molecule has 2 atom stereocenters. The van der Waals surface area contributed by atoms with Crippen LogP contribution in [0, 0.1) is 0 Å². The fourth-order valence-electron chi connectivity index (χ4n) is 1.84. The maximum absolute atomic E-state index is 11.8. The molecule has 0 radical (unpaired) electrons. The number of rotatable bonds is 9. The van der Waals surface area contributed by atoms with Gasteiger partial charge in [0.25, 0.3) is 0 Å². The van der Waals surface area contributed by atoms with Crippen molar-refractivity contribution >= 4 is 17.4 Å².